The lowest BCUT2D eigenvalue weighted by atomic mass is 10.1. The molecule has 2 amide bonds. The molecule has 1 aliphatic heterocycles. The number of rotatable bonds is 3. The number of fused-ring (bicyclic) bond motifs is 1. The summed E-state index contributed by atoms with van der Waals surface area (Å²) >= 11 is 0. The highest BCUT2D eigenvalue weighted by atomic mass is 16.4. The number of amides is 2. The first-order valence-corrected chi connectivity index (χ1v) is 5.62. The first kappa shape index (κ1) is 13.0. The molecule has 0 aromatic heterocycles. The van der Waals surface area contributed by atoms with Gasteiger partial charge in [-0.3, -0.25) is 14.4 Å². The maximum Gasteiger partial charge on any atom is 0.305 e. The Morgan fingerprint density at radius 2 is 2.11 bits per heavy atom. The van der Waals surface area contributed by atoms with Crippen LogP contribution in [0.1, 0.15) is 12.0 Å². The van der Waals surface area contributed by atoms with Crippen molar-refractivity contribution < 1.29 is 19.5 Å². The largest absolute Gasteiger partial charge is 0.481 e. The van der Waals surface area contributed by atoms with Crippen molar-refractivity contribution in [3.63, 3.8) is 0 Å². The van der Waals surface area contributed by atoms with E-state index in [2.05, 4.69) is 0 Å². The Kier molecular flexibility index (Phi) is 3.22. The van der Waals surface area contributed by atoms with Crippen LogP contribution in [-0.2, 0) is 20.8 Å². The molecular formula is C12H13N3O4. The lowest BCUT2D eigenvalue weighted by molar-refractivity contribution is -0.139. The summed E-state index contributed by atoms with van der Waals surface area (Å²) in [4.78, 5) is 35.3. The third-order valence-electron chi connectivity index (χ3n) is 2.87. The van der Waals surface area contributed by atoms with Crippen molar-refractivity contribution in [3.05, 3.63) is 23.8 Å². The number of carbonyl (C=O) groups is 3. The zero-order valence-electron chi connectivity index (χ0n) is 10.00. The van der Waals surface area contributed by atoms with Gasteiger partial charge in [0.1, 0.15) is 0 Å². The van der Waals surface area contributed by atoms with Crippen LogP contribution in [-0.4, -0.2) is 28.9 Å². The molecule has 0 bridgehead atoms. The van der Waals surface area contributed by atoms with Gasteiger partial charge in [-0.05, 0) is 23.8 Å². The molecule has 1 unspecified atom stereocenters. The number of carbonyl (C=O) groups excluding carboxylic acids is 2. The fourth-order valence-corrected chi connectivity index (χ4v) is 2.02. The van der Waals surface area contributed by atoms with Crippen LogP contribution in [0.2, 0.25) is 0 Å². The molecule has 1 aromatic rings. The minimum absolute atomic E-state index is 0.0614. The van der Waals surface area contributed by atoms with Crippen LogP contribution in [0.15, 0.2) is 18.2 Å². The molecule has 1 aromatic carbocycles. The summed E-state index contributed by atoms with van der Waals surface area (Å²) in [5, 5.41) is 8.62. The van der Waals surface area contributed by atoms with E-state index in [4.69, 9.17) is 16.6 Å². The second-order valence-electron chi connectivity index (χ2n) is 4.34. The van der Waals surface area contributed by atoms with Crippen LogP contribution >= 0.6 is 0 Å². The van der Waals surface area contributed by atoms with Gasteiger partial charge >= 0.3 is 5.97 Å². The van der Waals surface area contributed by atoms with Crippen LogP contribution in [0.5, 0.6) is 0 Å². The topological polar surface area (TPSA) is 127 Å². The van der Waals surface area contributed by atoms with Gasteiger partial charge < -0.3 is 16.6 Å². The van der Waals surface area contributed by atoms with Crippen molar-refractivity contribution in [2.75, 3.05) is 10.6 Å². The second-order valence-corrected chi connectivity index (χ2v) is 4.34. The van der Waals surface area contributed by atoms with Crippen LogP contribution in [0.25, 0.3) is 0 Å². The fraction of sp³-hybridized carbons (Fsp3) is 0.250. The van der Waals surface area contributed by atoms with Gasteiger partial charge in [-0.1, -0.05) is 0 Å². The molecule has 0 spiro atoms. The molecular weight excluding hydrogens is 250 g/mol. The summed E-state index contributed by atoms with van der Waals surface area (Å²) in [5.74, 6) is -2.33. The predicted molar refractivity (Wildman–Crippen MR) is 67.3 cm³/mol. The number of carboxylic acids is 1. The lowest BCUT2D eigenvalue weighted by Gasteiger charge is -2.19. The van der Waals surface area contributed by atoms with E-state index < -0.39 is 30.2 Å². The first-order chi connectivity index (χ1) is 8.90. The molecule has 0 saturated carbocycles. The normalized spacial score (nSPS) is 15.2. The number of nitrogen functional groups attached to an aromatic ring is 1. The smallest absolute Gasteiger partial charge is 0.305 e. The van der Waals surface area contributed by atoms with Crippen molar-refractivity contribution in [3.8, 4) is 0 Å². The molecule has 5 N–H and O–H groups in total. The zero-order chi connectivity index (χ0) is 14.2. The fourth-order valence-electron chi connectivity index (χ4n) is 2.02. The summed E-state index contributed by atoms with van der Waals surface area (Å²) in [5.41, 5.74) is 12.7. The summed E-state index contributed by atoms with van der Waals surface area (Å²) < 4.78 is 0. The molecule has 1 aliphatic rings. The number of hydrogen-bond acceptors (Lipinski definition) is 5. The van der Waals surface area contributed by atoms with Gasteiger partial charge in [0.25, 0.3) is 5.91 Å². The molecule has 19 heavy (non-hydrogen) atoms. The van der Waals surface area contributed by atoms with E-state index in [9.17, 15) is 14.4 Å². The van der Waals surface area contributed by atoms with Crippen molar-refractivity contribution in [1.29, 1.82) is 0 Å². The molecule has 1 heterocycles. The van der Waals surface area contributed by atoms with Gasteiger partial charge in [0, 0.05) is 5.69 Å². The number of hydrogen-bond donors (Lipinski definition) is 3. The number of nitrogens with two attached hydrogens (primary N) is 2. The Labute approximate surface area is 108 Å². The summed E-state index contributed by atoms with van der Waals surface area (Å²) in [6, 6.07) is 3.50. The van der Waals surface area contributed by atoms with Gasteiger partial charge in [-0.15, -0.1) is 0 Å². The van der Waals surface area contributed by atoms with Gasteiger partial charge in [-0.2, -0.15) is 0 Å². The second kappa shape index (κ2) is 4.69. The number of nitrogens with zero attached hydrogens (tertiary/aromatic N) is 1. The van der Waals surface area contributed by atoms with E-state index in [0.717, 1.165) is 4.90 Å². The molecule has 7 nitrogen and oxygen atoms in total. The van der Waals surface area contributed by atoms with Crippen LogP contribution in [0, 0.1) is 0 Å². The van der Waals surface area contributed by atoms with E-state index >= 15 is 0 Å². The SMILES string of the molecule is Nc1ccc2c(c1)CC(=O)N2C(=O)C(N)CC(=O)O. The van der Waals surface area contributed by atoms with Gasteiger partial charge in [0.2, 0.25) is 5.91 Å². The molecule has 0 radical (unpaired) electrons. The molecule has 7 heteroatoms. The van der Waals surface area contributed by atoms with E-state index in [1.54, 1.807) is 18.2 Å². The number of aliphatic carboxylic acids is 1. The Morgan fingerprint density at radius 1 is 1.42 bits per heavy atom. The van der Waals surface area contributed by atoms with Crippen LogP contribution in [0.3, 0.4) is 0 Å². The van der Waals surface area contributed by atoms with E-state index in [-0.39, 0.29) is 6.42 Å². The molecule has 1 atom stereocenters. The number of benzene rings is 1. The van der Waals surface area contributed by atoms with Crippen molar-refractivity contribution in [1.82, 2.24) is 0 Å². The maximum absolute atomic E-state index is 12.0. The first-order valence-electron chi connectivity index (χ1n) is 5.62. The van der Waals surface area contributed by atoms with E-state index in [1.807, 2.05) is 0 Å². The predicted octanol–water partition coefficient (Wildman–Crippen LogP) is -0.514. The molecule has 0 fully saturated rings. The number of anilines is 2. The lowest BCUT2D eigenvalue weighted by Crippen LogP contribution is -2.46. The molecule has 0 aliphatic carbocycles. The Morgan fingerprint density at radius 3 is 2.74 bits per heavy atom. The van der Waals surface area contributed by atoms with Gasteiger partial charge in [-0.25, -0.2) is 4.90 Å². The average molecular weight is 263 g/mol. The molecule has 0 saturated heterocycles. The minimum atomic E-state index is -1.25. The Bertz CT molecular complexity index is 570. The molecule has 100 valence electrons. The van der Waals surface area contributed by atoms with Crippen LogP contribution < -0.4 is 16.4 Å². The van der Waals surface area contributed by atoms with Crippen molar-refractivity contribution >= 4 is 29.2 Å². The standard InChI is InChI=1S/C12H13N3O4/c13-7-1-2-9-6(3-7)4-10(16)15(9)12(19)8(14)5-11(17)18/h1-3,8H,4-5,13-14H2,(H,17,18). The highest BCUT2D eigenvalue weighted by molar-refractivity contribution is 6.21. The average Bonchev–Trinajstić information content (AvgIpc) is 2.62. The highest BCUT2D eigenvalue weighted by Crippen LogP contribution is 2.30. The third-order valence-corrected chi connectivity index (χ3v) is 2.87. The van der Waals surface area contributed by atoms with Crippen molar-refractivity contribution in [2.24, 2.45) is 5.73 Å². The summed E-state index contributed by atoms with van der Waals surface area (Å²) in [6.07, 6.45) is -0.460. The summed E-state index contributed by atoms with van der Waals surface area (Å²) in [6.45, 7) is 0. The highest BCUT2D eigenvalue weighted by Gasteiger charge is 2.35. The molecule has 2 rings (SSSR count). The van der Waals surface area contributed by atoms with Gasteiger partial charge in [0.15, 0.2) is 0 Å². The quantitative estimate of drug-likeness (QED) is 0.630. The minimum Gasteiger partial charge on any atom is -0.481 e. The number of imide groups is 1. The zero-order valence-corrected chi connectivity index (χ0v) is 10.00. The maximum atomic E-state index is 12.0. The van der Waals surface area contributed by atoms with Gasteiger partial charge in [0.05, 0.1) is 24.6 Å². The number of carboxylic acid groups (broad SMARTS) is 1. The Hall–Kier alpha value is -2.41. The Balaban J connectivity index is 2.29. The van der Waals surface area contributed by atoms with Crippen molar-refractivity contribution in [2.45, 2.75) is 18.9 Å². The van der Waals surface area contributed by atoms with Crippen LogP contribution in [0.4, 0.5) is 11.4 Å². The van der Waals surface area contributed by atoms with E-state index in [1.165, 1.54) is 0 Å². The third kappa shape index (κ3) is 2.41. The summed E-state index contributed by atoms with van der Waals surface area (Å²) in [7, 11) is 0. The monoisotopic (exact) mass is 263 g/mol. The van der Waals surface area contributed by atoms with E-state index in [0.29, 0.717) is 16.9 Å².